The van der Waals surface area contributed by atoms with Crippen molar-refractivity contribution in [2.45, 2.75) is 25.7 Å². The predicted molar refractivity (Wildman–Crippen MR) is 105 cm³/mol. The van der Waals surface area contributed by atoms with Gasteiger partial charge in [-0.1, -0.05) is 30.3 Å². The summed E-state index contributed by atoms with van der Waals surface area (Å²) in [6, 6.07) is 15.8. The second-order valence-corrected chi connectivity index (χ2v) is 8.49. The third-order valence-corrected chi connectivity index (χ3v) is 6.31. The maximum Gasteiger partial charge on any atom is 0.235 e. The fraction of sp³-hybridized carbons (Fsp3) is 0.300. The summed E-state index contributed by atoms with van der Waals surface area (Å²) in [6.07, 6.45) is 1.68. The largest absolute Gasteiger partial charge is 0.326 e. The molecule has 0 bridgehead atoms. The number of carbonyl (C=O) groups is 2. The molecule has 1 amide bonds. The van der Waals surface area contributed by atoms with Gasteiger partial charge in [0.25, 0.3) is 0 Å². The highest BCUT2D eigenvalue weighted by Crippen LogP contribution is 2.25. The first-order valence-corrected chi connectivity index (χ1v) is 10.6. The van der Waals surface area contributed by atoms with Gasteiger partial charge in [-0.3, -0.25) is 13.9 Å². The van der Waals surface area contributed by atoms with Crippen molar-refractivity contribution in [3.05, 3.63) is 60.2 Å². The van der Waals surface area contributed by atoms with Crippen molar-refractivity contribution in [2.24, 2.45) is 0 Å². The molecule has 7 heteroatoms. The number of anilines is 2. The van der Waals surface area contributed by atoms with Crippen LogP contribution in [-0.2, 0) is 14.8 Å². The molecular weight excluding hydrogens is 364 g/mol. The Kier molecular flexibility index (Phi) is 5.91. The van der Waals surface area contributed by atoms with E-state index in [-0.39, 0.29) is 23.9 Å². The van der Waals surface area contributed by atoms with Gasteiger partial charge in [0, 0.05) is 30.6 Å². The molecule has 1 saturated heterocycles. The number of nitrogens with zero attached hydrogens (tertiary/aromatic N) is 1. The van der Waals surface area contributed by atoms with E-state index in [1.165, 1.54) is 4.31 Å². The lowest BCUT2D eigenvalue weighted by molar-refractivity contribution is -0.116. The molecule has 0 spiro atoms. The SMILES string of the molecule is O=C(CCCC(=O)c1ccccc1)Nc1ccc(N2CCCS2(=O)=O)cc1. The highest BCUT2D eigenvalue weighted by Gasteiger charge is 2.28. The maximum absolute atomic E-state index is 12.0. The van der Waals surface area contributed by atoms with Crippen molar-refractivity contribution in [2.75, 3.05) is 21.9 Å². The van der Waals surface area contributed by atoms with Gasteiger partial charge >= 0.3 is 0 Å². The van der Waals surface area contributed by atoms with E-state index in [4.69, 9.17) is 0 Å². The van der Waals surface area contributed by atoms with Crippen LogP contribution in [0.15, 0.2) is 54.6 Å². The van der Waals surface area contributed by atoms with Crippen molar-refractivity contribution in [3.63, 3.8) is 0 Å². The average Bonchev–Trinajstić information content (AvgIpc) is 3.02. The quantitative estimate of drug-likeness (QED) is 0.741. The molecule has 1 aliphatic heterocycles. The van der Waals surface area contributed by atoms with Gasteiger partial charge in [-0.25, -0.2) is 8.42 Å². The first kappa shape index (κ1) is 19.1. The van der Waals surface area contributed by atoms with Gasteiger partial charge in [0.2, 0.25) is 15.9 Å². The molecule has 1 fully saturated rings. The molecule has 2 aromatic carbocycles. The minimum atomic E-state index is -3.21. The molecule has 0 aromatic heterocycles. The number of hydrogen-bond acceptors (Lipinski definition) is 4. The van der Waals surface area contributed by atoms with Gasteiger partial charge in [-0.05, 0) is 37.1 Å². The molecule has 142 valence electrons. The Bertz CT molecular complexity index is 909. The summed E-state index contributed by atoms with van der Waals surface area (Å²) in [6.45, 7) is 0.490. The number of sulfonamides is 1. The van der Waals surface area contributed by atoms with E-state index in [1.54, 1.807) is 36.4 Å². The molecule has 1 N–H and O–H groups in total. The molecule has 1 heterocycles. The summed E-state index contributed by atoms with van der Waals surface area (Å²) in [4.78, 5) is 24.1. The average molecular weight is 386 g/mol. The van der Waals surface area contributed by atoms with Crippen LogP contribution in [0.1, 0.15) is 36.0 Å². The zero-order valence-corrected chi connectivity index (χ0v) is 15.7. The molecule has 0 aliphatic carbocycles. The zero-order valence-electron chi connectivity index (χ0n) is 14.9. The molecule has 0 saturated carbocycles. The molecule has 0 atom stereocenters. The van der Waals surface area contributed by atoms with Crippen LogP contribution >= 0.6 is 0 Å². The smallest absolute Gasteiger partial charge is 0.235 e. The number of carbonyl (C=O) groups excluding carboxylic acids is 2. The fourth-order valence-electron chi connectivity index (χ4n) is 3.04. The Morgan fingerprint density at radius 2 is 1.67 bits per heavy atom. The van der Waals surface area contributed by atoms with Gasteiger partial charge < -0.3 is 5.32 Å². The number of hydrogen-bond donors (Lipinski definition) is 1. The van der Waals surface area contributed by atoms with Crippen molar-refractivity contribution < 1.29 is 18.0 Å². The third kappa shape index (κ3) is 4.95. The summed E-state index contributed by atoms with van der Waals surface area (Å²) < 4.78 is 25.3. The van der Waals surface area contributed by atoms with E-state index < -0.39 is 10.0 Å². The lowest BCUT2D eigenvalue weighted by Crippen LogP contribution is -2.24. The van der Waals surface area contributed by atoms with Crippen molar-refractivity contribution in [1.29, 1.82) is 0 Å². The Morgan fingerprint density at radius 3 is 2.30 bits per heavy atom. The molecule has 27 heavy (non-hydrogen) atoms. The van der Waals surface area contributed by atoms with E-state index in [0.717, 1.165) is 0 Å². The molecule has 0 radical (unpaired) electrons. The van der Waals surface area contributed by atoms with E-state index in [0.29, 0.717) is 42.7 Å². The number of benzene rings is 2. The first-order valence-electron chi connectivity index (χ1n) is 8.94. The Hall–Kier alpha value is -2.67. The van der Waals surface area contributed by atoms with E-state index in [9.17, 15) is 18.0 Å². The summed E-state index contributed by atoms with van der Waals surface area (Å²) in [5.74, 6) is 0.0321. The van der Waals surface area contributed by atoms with Gasteiger partial charge in [-0.15, -0.1) is 0 Å². The van der Waals surface area contributed by atoms with E-state index in [2.05, 4.69) is 5.32 Å². The van der Waals surface area contributed by atoms with Crippen LogP contribution in [0, 0.1) is 0 Å². The van der Waals surface area contributed by atoms with Crippen LogP contribution in [0.3, 0.4) is 0 Å². The van der Waals surface area contributed by atoms with Crippen LogP contribution in [0.25, 0.3) is 0 Å². The van der Waals surface area contributed by atoms with Crippen molar-refractivity contribution in [1.82, 2.24) is 0 Å². The number of nitrogens with one attached hydrogen (secondary N) is 1. The number of rotatable bonds is 7. The minimum Gasteiger partial charge on any atom is -0.326 e. The molecular formula is C20H22N2O4S. The standard InChI is InChI=1S/C20H22N2O4S/c23-19(16-6-2-1-3-7-16)8-4-9-20(24)21-17-10-12-18(13-11-17)22-14-5-15-27(22,25)26/h1-3,6-7,10-13H,4-5,8-9,14-15H2,(H,21,24). The van der Waals surface area contributed by atoms with Crippen LogP contribution in [-0.4, -0.2) is 32.4 Å². The molecule has 6 nitrogen and oxygen atoms in total. The second-order valence-electron chi connectivity index (χ2n) is 6.48. The lowest BCUT2D eigenvalue weighted by Gasteiger charge is -2.17. The van der Waals surface area contributed by atoms with Gasteiger partial charge in [-0.2, -0.15) is 0 Å². The monoisotopic (exact) mass is 386 g/mol. The van der Waals surface area contributed by atoms with Crippen molar-refractivity contribution >= 4 is 33.1 Å². The Balaban J connectivity index is 1.47. The van der Waals surface area contributed by atoms with Crippen LogP contribution < -0.4 is 9.62 Å². The topological polar surface area (TPSA) is 83.6 Å². The summed E-state index contributed by atoms with van der Waals surface area (Å²) in [5, 5.41) is 2.78. The highest BCUT2D eigenvalue weighted by molar-refractivity contribution is 7.93. The summed E-state index contributed by atoms with van der Waals surface area (Å²) in [7, 11) is -3.21. The molecule has 2 aromatic rings. The summed E-state index contributed by atoms with van der Waals surface area (Å²) >= 11 is 0. The summed E-state index contributed by atoms with van der Waals surface area (Å²) in [5.41, 5.74) is 1.87. The lowest BCUT2D eigenvalue weighted by atomic mass is 10.1. The highest BCUT2D eigenvalue weighted by atomic mass is 32.2. The third-order valence-electron chi connectivity index (χ3n) is 4.44. The molecule has 3 rings (SSSR count). The Morgan fingerprint density at radius 1 is 0.963 bits per heavy atom. The number of ketones is 1. The maximum atomic E-state index is 12.0. The minimum absolute atomic E-state index is 0.0274. The second kappa shape index (κ2) is 8.35. The van der Waals surface area contributed by atoms with Gasteiger partial charge in [0.15, 0.2) is 5.78 Å². The normalized spacial score (nSPS) is 15.5. The van der Waals surface area contributed by atoms with Crippen LogP contribution in [0.4, 0.5) is 11.4 Å². The zero-order chi connectivity index (χ0) is 19.3. The van der Waals surface area contributed by atoms with Crippen molar-refractivity contribution in [3.8, 4) is 0 Å². The van der Waals surface area contributed by atoms with Crippen LogP contribution in [0.2, 0.25) is 0 Å². The van der Waals surface area contributed by atoms with Crippen LogP contribution in [0.5, 0.6) is 0 Å². The number of amides is 1. The molecule has 1 aliphatic rings. The number of Topliss-reactive ketones (excluding diaryl/α,β-unsaturated/α-hetero) is 1. The van der Waals surface area contributed by atoms with Gasteiger partial charge in [0.05, 0.1) is 11.4 Å². The fourth-order valence-corrected chi connectivity index (χ4v) is 4.61. The van der Waals surface area contributed by atoms with Gasteiger partial charge in [0.1, 0.15) is 0 Å². The Labute approximate surface area is 159 Å². The predicted octanol–water partition coefficient (Wildman–Crippen LogP) is 3.22. The molecule has 0 unspecified atom stereocenters. The van der Waals surface area contributed by atoms with E-state index >= 15 is 0 Å². The van der Waals surface area contributed by atoms with E-state index in [1.807, 2.05) is 18.2 Å². The first-order chi connectivity index (χ1) is 13.0.